The maximum absolute atomic E-state index is 13.6. The van der Waals surface area contributed by atoms with E-state index in [0.717, 1.165) is 29.8 Å². The van der Waals surface area contributed by atoms with Crippen molar-refractivity contribution in [3.63, 3.8) is 0 Å². The van der Waals surface area contributed by atoms with Crippen LogP contribution in [0.4, 0.5) is 16.2 Å². The number of benzene rings is 3. The molecule has 164 valence electrons. The molecule has 0 saturated carbocycles. The Bertz CT molecular complexity index is 1040. The van der Waals surface area contributed by atoms with Gasteiger partial charge in [0.05, 0.1) is 5.69 Å². The molecule has 1 heterocycles. The lowest BCUT2D eigenvalue weighted by atomic mass is 10.1. The van der Waals surface area contributed by atoms with E-state index in [1.807, 2.05) is 77.8 Å². The van der Waals surface area contributed by atoms with Gasteiger partial charge in [0.15, 0.2) is 0 Å². The average Bonchev–Trinajstić information content (AvgIpc) is 3.33. The zero-order chi connectivity index (χ0) is 22.3. The molecule has 3 amide bonds. The van der Waals surface area contributed by atoms with Gasteiger partial charge >= 0.3 is 6.03 Å². The number of nitrogens with two attached hydrogens (primary N) is 1. The first kappa shape index (κ1) is 21.2. The van der Waals surface area contributed by atoms with Crippen LogP contribution in [-0.4, -0.2) is 30.0 Å². The van der Waals surface area contributed by atoms with E-state index in [4.69, 9.17) is 5.73 Å². The summed E-state index contributed by atoms with van der Waals surface area (Å²) in [6.45, 7) is 1.69. The molecule has 1 aliphatic rings. The summed E-state index contributed by atoms with van der Waals surface area (Å²) < 4.78 is 0. The van der Waals surface area contributed by atoms with Crippen molar-refractivity contribution in [2.45, 2.75) is 19.0 Å². The average molecular weight is 430 g/mol. The number of rotatable bonds is 6. The van der Waals surface area contributed by atoms with Crippen LogP contribution in [0.3, 0.4) is 0 Å². The number of anilines is 2. The van der Waals surface area contributed by atoms with Crippen LogP contribution in [0.25, 0.3) is 0 Å². The highest BCUT2D eigenvalue weighted by Gasteiger charge is 2.33. The molecule has 7 heteroatoms. The molecule has 0 aliphatic carbocycles. The van der Waals surface area contributed by atoms with Gasteiger partial charge in [0, 0.05) is 25.3 Å². The van der Waals surface area contributed by atoms with Crippen LogP contribution < -0.4 is 21.4 Å². The molecule has 4 rings (SSSR count). The molecule has 1 atom stereocenters. The summed E-state index contributed by atoms with van der Waals surface area (Å²) in [6.07, 6.45) is 0.867. The first-order valence-corrected chi connectivity index (χ1v) is 10.7. The van der Waals surface area contributed by atoms with Crippen molar-refractivity contribution in [1.82, 2.24) is 15.6 Å². The van der Waals surface area contributed by atoms with Crippen molar-refractivity contribution in [2.75, 3.05) is 23.8 Å². The van der Waals surface area contributed by atoms with Crippen molar-refractivity contribution in [2.24, 2.45) is 0 Å². The molecule has 4 N–H and O–H groups in total. The van der Waals surface area contributed by atoms with Gasteiger partial charge in [-0.15, -0.1) is 0 Å². The molecule has 0 radical (unpaired) electrons. The molecule has 32 heavy (non-hydrogen) atoms. The van der Waals surface area contributed by atoms with Crippen LogP contribution in [0.5, 0.6) is 0 Å². The van der Waals surface area contributed by atoms with Gasteiger partial charge in [0.2, 0.25) is 0 Å². The van der Waals surface area contributed by atoms with Gasteiger partial charge in [-0.1, -0.05) is 60.7 Å². The monoisotopic (exact) mass is 429 g/mol. The fourth-order valence-electron chi connectivity index (χ4n) is 3.79. The zero-order valence-electron chi connectivity index (χ0n) is 17.8. The van der Waals surface area contributed by atoms with Crippen LogP contribution >= 0.6 is 0 Å². The van der Waals surface area contributed by atoms with Crippen LogP contribution in [0.1, 0.15) is 23.6 Å². The second-order valence-corrected chi connectivity index (χ2v) is 7.69. The number of nitrogens with one attached hydrogen (secondary N) is 2. The predicted octanol–water partition coefficient (Wildman–Crippen LogP) is 3.46. The Morgan fingerprint density at radius 3 is 2.22 bits per heavy atom. The molecule has 1 saturated heterocycles. The molecule has 1 fully saturated rings. The Balaban J connectivity index is 1.49. The topological polar surface area (TPSA) is 90.7 Å². The summed E-state index contributed by atoms with van der Waals surface area (Å²) in [5, 5.41) is 9.41. The van der Waals surface area contributed by atoms with Gasteiger partial charge in [-0.25, -0.2) is 4.79 Å². The largest absolute Gasteiger partial charge is 0.399 e. The number of carbonyl (C=O) groups excluding carboxylic acids is 2. The lowest BCUT2D eigenvalue weighted by molar-refractivity contribution is -0.132. The molecule has 7 nitrogen and oxygen atoms in total. The third-order valence-electron chi connectivity index (χ3n) is 5.43. The van der Waals surface area contributed by atoms with E-state index < -0.39 is 12.1 Å². The van der Waals surface area contributed by atoms with Gasteiger partial charge in [-0.3, -0.25) is 14.8 Å². The second kappa shape index (κ2) is 9.87. The Morgan fingerprint density at radius 2 is 1.53 bits per heavy atom. The number of carbonyl (C=O) groups is 2. The van der Waals surface area contributed by atoms with Crippen LogP contribution in [-0.2, 0) is 11.3 Å². The number of urea groups is 1. The van der Waals surface area contributed by atoms with E-state index in [0.29, 0.717) is 18.8 Å². The molecule has 1 aliphatic heterocycles. The highest BCUT2D eigenvalue weighted by Crippen LogP contribution is 2.25. The van der Waals surface area contributed by atoms with Crippen LogP contribution in [0, 0.1) is 0 Å². The molecule has 3 aromatic carbocycles. The van der Waals surface area contributed by atoms with Gasteiger partial charge < -0.3 is 16.4 Å². The maximum Gasteiger partial charge on any atom is 0.315 e. The molecule has 0 aromatic heterocycles. The molecule has 3 aromatic rings. The van der Waals surface area contributed by atoms with Crippen molar-refractivity contribution in [1.29, 1.82) is 0 Å². The predicted molar refractivity (Wildman–Crippen MR) is 126 cm³/mol. The highest BCUT2D eigenvalue weighted by atomic mass is 16.2. The van der Waals surface area contributed by atoms with Gasteiger partial charge in [0.1, 0.15) is 6.04 Å². The van der Waals surface area contributed by atoms with E-state index in [1.54, 1.807) is 17.1 Å². The third-order valence-corrected chi connectivity index (χ3v) is 5.43. The number of hydrazine groups is 1. The number of para-hydroxylation sites is 1. The van der Waals surface area contributed by atoms with E-state index in [-0.39, 0.29) is 5.91 Å². The van der Waals surface area contributed by atoms with Crippen molar-refractivity contribution in [3.8, 4) is 0 Å². The fourth-order valence-corrected chi connectivity index (χ4v) is 3.79. The smallest absolute Gasteiger partial charge is 0.315 e. The molecule has 0 unspecified atom stereocenters. The number of hydrogen-bond donors (Lipinski definition) is 3. The summed E-state index contributed by atoms with van der Waals surface area (Å²) in [5.74, 6) is -0.166. The minimum atomic E-state index is -0.799. The molecular formula is C25H27N5O2. The number of nitrogen functional groups attached to an aromatic ring is 1. The second-order valence-electron chi connectivity index (χ2n) is 7.69. The number of amides is 3. The summed E-state index contributed by atoms with van der Waals surface area (Å²) >= 11 is 0. The summed E-state index contributed by atoms with van der Waals surface area (Å²) in [4.78, 5) is 26.3. The summed E-state index contributed by atoms with van der Waals surface area (Å²) in [6, 6.07) is 25.2. The number of hydrogen-bond acceptors (Lipinski definition) is 4. The van der Waals surface area contributed by atoms with Crippen LogP contribution in [0.2, 0.25) is 0 Å². The zero-order valence-corrected chi connectivity index (χ0v) is 17.8. The van der Waals surface area contributed by atoms with E-state index in [2.05, 4.69) is 10.6 Å². The van der Waals surface area contributed by atoms with Gasteiger partial charge in [-0.05, 0) is 41.8 Å². The van der Waals surface area contributed by atoms with E-state index in [9.17, 15) is 9.59 Å². The lowest BCUT2D eigenvalue weighted by Crippen LogP contribution is -2.49. The lowest BCUT2D eigenvalue weighted by Gasteiger charge is -2.33. The van der Waals surface area contributed by atoms with E-state index in [1.165, 1.54) is 0 Å². The standard InChI is InChI=1S/C25H27N5O2/c26-21-14-12-19(13-15-21)18-27-25(32)28-23(20-8-3-1-4-9-20)24(31)30-17-7-16-29(30)22-10-5-2-6-11-22/h1-6,8-15,23H,7,16-18,26H2,(H2,27,28,32)/t23-/m0/s1. The minimum absolute atomic E-state index is 0.166. The first-order chi connectivity index (χ1) is 15.6. The summed E-state index contributed by atoms with van der Waals surface area (Å²) in [7, 11) is 0. The van der Waals surface area contributed by atoms with Crippen molar-refractivity contribution in [3.05, 3.63) is 96.1 Å². The third kappa shape index (κ3) is 5.00. The fraction of sp³-hybridized carbons (Fsp3) is 0.200. The summed E-state index contributed by atoms with van der Waals surface area (Å²) in [5.41, 5.74) is 9.00. The Morgan fingerprint density at radius 1 is 0.875 bits per heavy atom. The molecular weight excluding hydrogens is 402 g/mol. The quantitative estimate of drug-likeness (QED) is 0.524. The maximum atomic E-state index is 13.6. The number of nitrogens with zero attached hydrogens (tertiary/aromatic N) is 2. The highest BCUT2D eigenvalue weighted by molar-refractivity contribution is 5.89. The van der Waals surface area contributed by atoms with Gasteiger partial charge in [0.25, 0.3) is 5.91 Å². The van der Waals surface area contributed by atoms with Crippen LogP contribution in [0.15, 0.2) is 84.9 Å². The normalized spacial score (nSPS) is 14.1. The van der Waals surface area contributed by atoms with Gasteiger partial charge in [-0.2, -0.15) is 0 Å². The SMILES string of the molecule is Nc1ccc(CNC(=O)N[C@H](C(=O)N2CCCN2c2ccccc2)c2ccccc2)cc1. The van der Waals surface area contributed by atoms with Crippen molar-refractivity contribution < 1.29 is 9.59 Å². The molecule has 0 bridgehead atoms. The Kier molecular flexibility index (Phi) is 6.55. The minimum Gasteiger partial charge on any atom is -0.399 e. The Labute approximate surface area is 187 Å². The first-order valence-electron chi connectivity index (χ1n) is 10.7. The van der Waals surface area contributed by atoms with Crippen molar-refractivity contribution >= 4 is 23.3 Å². The molecule has 0 spiro atoms. The Hall–Kier alpha value is -4.00. The van der Waals surface area contributed by atoms with E-state index >= 15 is 0 Å².